The molecule has 0 aliphatic rings. The maximum absolute atomic E-state index is 2.45. The zero-order valence-corrected chi connectivity index (χ0v) is 42.7. The maximum atomic E-state index is 2.45. The molecule has 0 aliphatic heterocycles. The van der Waals surface area contributed by atoms with Crippen LogP contribution in [0.4, 0.5) is 17.1 Å². The standard InChI is InChI=1S/C64H63N3S/c1-61(2,3)40-17-30-55-50(35-40)51-36-41(62(4,5)6)18-31-56(51)66(55)46-25-21-44(22-26-46)65(48-29-34-60-54(39-48)49-15-13-14-16-59(49)68-60)45-23-27-47(28-24-45)67-57-32-19-42(63(7,8)9)37-52(57)53-38-43(64(10,11)12)20-33-58(53)67/h13-39H,1-12H3. The zero-order valence-electron chi connectivity index (χ0n) is 41.8. The predicted octanol–water partition coefficient (Wildman–Crippen LogP) is 18.9. The molecule has 0 atom stereocenters. The van der Waals surface area contributed by atoms with E-state index >= 15 is 0 Å². The molecule has 3 nitrogen and oxygen atoms in total. The van der Waals surface area contributed by atoms with Gasteiger partial charge in [-0.15, -0.1) is 11.3 Å². The number of thiophene rings is 1. The lowest BCUT2D eigenvalue weighted by molar-refractivity contribution is 0.590. The van der Waals surface area contributed by atoms with Gasteiger partial charge in [0.2, 0.25) is 0 Å². The molecule has 0 radical (unpaired) electrons. The van der Waals surface area contributed by atoms with Crippen molar-refractivity contribution in [2.24, 2.45) is 0 Å². The van der Waals surface area contributed by atoms with Crippen LogP contribution in [0.15, 0.2) is 164 Å². The monoisotopic (exact) mass is 905 g/mol. The van der Waals surface area contributed by atoms with Crippen molar-refractivity contribution in [3.05, 3.63) is 186 Å². The second-order valence-corrected chi connectivity index (χ2v) is 24.3. The Kier molecular flexibility index (Phi) is 9.98. The van der Waals surface area contributed by atoms with Crippen LogP contribution in [0.3, 0.4) is 0 Å². The number of benzene rings is 8. The molecule has 0 saturated heterocycles. The van der Waals surface area contributed by atoms with Crippen LogP contribution in [0.25, 0.3) is 75.2 Å². The Balaban J connectivity index is 1.06. The molecule has 0 bridgehead atoms. The van der Waals surface area contributed by atoms with Crippen molar-refractivity contribution in [1.82, 2.24) is 9.13 Å². The topological polar surface area (TPSA) is 13.1 Å². The number of rotatable bonds is 5. The summed E-state index contributed by atoms with van der Waals surface area (Å²) >= 11 is 1.86. The van der Waals surface area contributed by atoms with Crippen LogP contribution >= 0.6 is 11.3 Å². The molecule has 0 unspecified atom stereocenters. The van der Waals surface area contributed by atoms with Crippen molar-refractivity contribution in [2.45, 2.75) is 105 Å². The number of anilines is 3. The SMILES string of the molecule is CC(C)(C)c1ccc2c(c1)c1cc(C(C)(C)C)ccc1n2-c1ccc(N(c2ccc(-n3c4ccc(C(C)(C)C)cc4c4cc(C(C)(C)C)ccc43)cc2)c2ccc3sc4ccccc4c3c2)cc1. The van der Waals surface area contributed by atoms with Gasteiger partial charge in [-0.1, -0.05) is 126 Å². The summed E-state index contributed by atoms with van der Waals surface area (Å²) in [6.45, 7) is 27.7. The predicted molar refractivity (Wildman–Crippen MR) is 297 cm³/mol. The van der Waals surface area contributed by atoms with E-state index in [0.717, 1.165) is 28.4 Å². The Morgan fingerprint density at radius 1 is 0.309 bits per heavy atom. The molecule has 3 aromatic heterocycles. The normalized spacial score (nSPS) is 13.0. The third-order valence-corrected chi connectivity index (χ3v) is 15.5. The minimum Gasteiger partial charge on any atom is -0.310 e. The summed E-state index contributed by atoms with van der Waals surface area (Å²) in [5, 5.41) is 7.78. The maximum Gasteiger partial charge on any atom is 0.0541 e. The van der Waals surface area contributed by atoms with Gasteiger partial charge in [-0.05, 0) is 165 Å². The molecular weight excluding hydrogens is 843 g/mol. The number of fused-ring (bicyclic) bond motifs is 9. The van der Waals surface area contributed by atoms with E-state index in [2.05, 4.69) is 261 Å². The molecule has 3 heterocycles. The Morgan fingerprint density at radius 2 is 0.647 bits per heavy atom. The second-order valence-electron chi connectivity index (χ2n) is 23.2. The van der Waals surface area contributed by atoms with Crippen molar-refractivity contribution in [3.63, 3.8) is 0 Å². The van der Waals surface area contributed by atoms with E-state index in [0.29, 0.717) is 0 Å². The van der Waals surface area contributed by atoms with Crippen LogP contribution in [0.5, 0.6) is 0 Å². The molecule has 0 spiro atoms. The zero-order chi connectivity index (χ0) is 47.7. The minimum atomic E-state index is 0.0433. The van der Waals surface area contributed by atoms with Crippen molar-refractivity contribution < 1.29 is 0 Å². The first-order chi connectivity index (χ1) is 32.2. The molecule has 8 aromatic carbocycles. The Hall–Kier alpha value is -6.62. The van der Waals surface area contributed by atoms with Gasteiger partial charge in [0, 0.05) is 70.2 Å². The highest BCUT2D eigenvalue weighted by Crippen LogP contribution is 2.44. The summed E-state index contributed by atoms with van der Waals surface area (Å²) in [5.41, 5.74) is 16.1. The average Bonchev–Trinajstić information content (AvgIpc) is 3.95. The van der Waals surface area contributed by atoms with Gasteiger partial charge in [-0.2, -0.15) is 0 Å². The van der Waals surface area contributed by atoms with Gasteiger partial charge in [0.05, 0.1) is 22.1 Å². The highest BCUT2D eigenvalue weighted by atomic mass is 32.1. The third kappa shape index (κ3) is 7.40. The summed E-state index contributed by atoms with van der Waals surface area (Å²) in [6.07, 6.45) is 0. The lowest BCUT2D eigenvalue weighted by atomic mass is 9.85. The Labute approximate surface area is 406 Å². The molecule has 11 rings (SSSR count). The first kappa shape index (κ1) is 43.9. The molecule has 0 fully saturated rings. The van der Waals surface area contributed by atoms with Crippen LogP contribution in [0.2, 0.25) is 0 Å². The second kappa shape index (κ2) is 15.5. The smallest absolute Gasteiger partial charge is 0.0541 e. The molecule has 340 valence electrons. The lowest BCUT2D eigenvalue weighted by Crippen LogP contribution is -2.11. The van der Waals surface area contributed by atoms with E-state index in [4.69, 9.17) is 0 Å². The summed E-state index contributed by atoms with van der Waals surface area (Å²) in [5.74, 6) is 0. The van der Waals surface area contributed by atoms with Gasteiger partial charge in [-0.25, -0.2) is 0 Å². The minimum absolute atomic E-state index is 0.0433. The van der Waals surface area contributed by atoms with Gasteiger partial charge < -0.3 is 14.0 Å². The van der Waals surface area contributed by atoms with E-state index < -0.39 is 0 Å². The molecule has 0 aliphatic carbocycles. The highest BCUT2D eigenvalue weighted by Gasteiger charge is 2.24. The molecule has 0 amide bonds. The van der Waals surface area contributed by atoms with E-state index in [1.807, 2.05) is 11.3 Å². The van der Waals surface area contributed by atoms with Gasteiger partial charge in [0.1, 0.15) is 0 Å². The summed E-state index contributed by atoms with van der Waals surface area (Å²) < 4.78 is 7.52. The van der Waals surface area contributed by atoms with E-state index in [9.17, 15) is 0 Å². The summed E-state index contributed by atoms with van der Waals surface area (Å²) in [7, 11) is 0. The number of nitrogens with zero attached hydrogens (tertiary/aromatic N) is 3. The number of hydrogen-bond donors (Lipinski definition) is 0. The molecule has 0 N–H and O–H groups in total. The molecule has 68 heavy (non-hydrogen) atoms. The van der Waals surface area contributed by atoms with Crippen LogP contribution in [-0.2, 0) is 21.7 Å². The van der Waals surface area contributed by atoms with Crippen LogP contribution < -0.4 is 4.90 Å². The summed E-state index contributed by atoms with van der Waals surface area (Å²) in [4.78, 5) is 2.42. The number of hydrogen-bond acceptors (Lipinski definition) is 2. The highest BCUT2D eigenvalue weighted by molar-refractivity contribution is 7.25. The largest absolute Gasteiger partial charge is 0.310 e. The fraction of sp³-hybridized carbons (Fsp3) is 0.250. The molecular formula is C64H63N3S. The fourth-order valence-electron chi connectivity index (χ4n) is 10.3. The van der Waals surface area contributed by atoms with Crippen molar-refractivity contribution >= 4 is 92.2 Å². The van der Waals surface area contributed by atoms with Crippen molar-refractivity contribution in [3.8, 4) is 11.4 Å². The number of aromatic nitrogens is 2. The van der Waals surface area contributed by atoms with Crippen LogP contribution in [0, 0.1) is 0 Å². The third-order valence-electron chi connectivity index (χ3n) is 14.3. The molecule has 4 heteroatoms. The Bertz CT molecular complexity index is 3420. The van der Waals surface area contributed by atoms with Crippen molar-refractivity contribution in [2.75, 3.05) is 4.90 Å². The Morgan fingerprint density at radius 3 is 1.01 bits per heavy atom. The first-order valence-corrected chi connectivity index (χ1v) is 25.1. The van der Waals surface area contributed by atoms with Gasteiger partial charge in [-0.3, -0.25) is 0 Å². The van der Waals surface area contributed by atoms with E-state index in [-0.39, 0.29) is 21.7 Å². The average molecular weight is 906 g/mol. The van der Waals surface area contributed by atoms with Crippen LogP contribution in [-0.4, -0.2) is 9.13 Å². The summed E-state index contributed by atoms with van der Waals surface area (Å²) in [6, 6.07) is 62.5. The fourth-order valence-corrected chi connectivity index (χ4v) is 11.4. The first-order valence-electron chi connectivity index (χ1n) is 24.3. The van der Waals surface area contributed by atoms with Crippen molar-refractivity contribution in [1.29, 1.82) is 0 Å². The van der Waals surface area contributed by atoms with E-state index in [1.54, 1.807) is 0 Å². The van der Waals surface area contributed by atoms with E-state index in [1.165, 1.54) is 86.0 Å². The van der Waals surface area contributed by atoms with Gasteiger partial charge >= 0.3 is 0 Å². The molecule has 0 saturated carbocycles. The van der Waals surface area contributed by atoms with Gasteiger partial charge in [0.15, 0.2) is 0 Å². The van der Waals surface area contributed by atoms with Crippen LogP contribution in [0.1, 0.15) is 105 Å². The van der Waals surface area contributed by atoms with Gasteiger partial charge in [0.25, 0.3) is 0 Å². The lowest BCUT2D eigenvalue weighted by Gasteiger charge is -2.26. The quantitative estimate of drug-likeness (QED) is 0.168. The molecule has 11 aromatic rings.